The summed E-state index contributed by atoms with van der Waals surface area (Å²) < 4.78 is 5.64. The number of ether oxygens (including phenoxy) is 1. The van der Waals surface area contributed by atoms with Crippen LogP contribution in [0.4, 0.5) is 0 Å². The molecule has 4 nitrogen and oxygen atoms in total. The van der Waals surface area contributed by atoms with E-state index in [1.54, 1.807) is 0 Å². The third-order valence-corrected chi connectivity index (χ3v) is 3.78. The molecule has 1 aromatic rings. The van der Waals surface area contributed by atoms with Crippen molar-refractivity contribution in [3.63, 3.8) is 0 Å². The second kappa shape index (κ2) is 5.21. The Labute approximate surface area is 113 Å². The van der Waals surface area contributed by atoms with Crippen molar-refractivity contribution in [3.8, 4) is 5.75 Å². The number of fused-ring (bicyclic) bond motifs is 1. The van der Waals surface area contributed by atoms with E-state index in [1.165, 1.54) is 11.1 Å². The second-order valence-corrected chi connectivity index (χ2v) is 5.45. The minimum absolute atomic E-state index is 0.0886. The van der Waals surface area contributed by atoms with Gasteiger partial charge in [0.2, 0.25) is 5.91 Å². The number of aryl methyl sites for hydroxylation is 1. The number of nitrogens with two attached hydrogens (primary N) is 1. The third-order valence-electron chi connectivity index (χ3n) is 3.78. The standard InChI is InChI=1S/C15H20N2O2/c16-14-6-1-10-9-12(4-5-13(10)14)19-8-7-15(18)17-11-2-3-11/h4-5,9,11,14H,1-3,6-8,16H2,(H,17,18)/t14-/m0/s1. The molecule has 0 saturated heterocycles. The van der Waals surface area contributed by atoms with Crippen LogP contribution >= 0.6 is 0 Å². The lowest BCUT2D eigenvalue weighted by Gasteiger charge is -2.09. The molecule has 2 aliphatic rings. The van der Waals surface area contributed by atoms with E-state index >= 15 is 0 Å². The predicted octanol–water partition coefficient (Wildman–Crippen LogP) is 1.68. The first-order chi connectivity index (χ1) is 9.22. The Balaban J connectivity index is 1.48. The van der Waals surface area contributed by atoms with Gasteiger partial charge in [-0.25, -0.2) is 0 Å². The number of hydrogen-bond acceptors (Lipinski definition) is 3. The van der Waals surface area contributed by atoms with Crippen LogP contribution in [0.2, 0.25) is 0 Å². The van der Waals surface area contributed by atoms with Crippen molar-refractivity contribution < 1.29 is 9.53 Å². The maximum Gasteiger partial charge on any atom is 0.223 e. The summed E-state index contributed by atoms with van der Waals surface area (Å²) in [4.78, 5) is 11.5. The molecule has 0 heterocycles. The smallest absolute Gasteiger partial charge is 0.223 e. The molecule has 3 N–H and O–H groups in total. The normalized spacial score (nSPS) is 21.0. The molecule has 0 aliphatic heterocycles. The van der Waals surface area contributed by atoms with Gasteiger partial charge in [-0.3, -0.25) is 4.79 Å². The minimum Gasteiger partial charge on any atom is -0.493 e. The first kappa shape index (κ1) is 12.5. The second-order valence-electron chi connectivity index (χ2n) is 5.45. The molecule has 0 radical (unpaired) electrons. The van der Waals surface area contributed by atoms with Crippen molar-refractivity contribution in [2.45, 2.75) is 44.2 Å². The Kier molecular flexibility index (Phi) is 3.42. The largest absolute Gasteiger partial charge is 0.493 e. The molecule has 19 heavy (non-hydrogen) atoms. The van der Waals surface area contributed by atoms with Gasteiger partial charge in [0.05, 0.1) is 13.0 Å². The topological polar surface area (TPSA) is 64.3 Å². The zero-order valence-electron chi connectivity index (χ0n) is 11.0. The number of hydrogen-bond donors (Lipinski definition) is 2. The first-order valence-corrected chi connectivity index (χ1v) is 7.03. The lowest BCUT2D eigenvalue weighted by Crippen LogP contribution is -2.26. The van der Waals surface area contributed by atoms with E-state index in [1.807, 2.05) is 12.1 Å². The summed E-state index contributed by atoms with van der Waals surface area (Å²) in [6, 6.07) is 6.65. The van der Waals surface area contributed by atoms with E-state index < -0.39 is 0 Å². The molecular formula is C15H20N2O2. The lowest BCUT2D eigenvalue weighted by molar-refractivity contribution is -0.121. The molecule has 0 aromatic heterocycles. The maximum atomic E-state index is 11.5. The van der Waals surface area contributed by atoms with Crippen LogP contribution in [0, 0.1) is 0 Å². The average Bonchev–Trinajstić information content (AvgIpc) is 3.13. The van der Waals surface area contributed by atoms with Crippen LogP contribution in [0.5, 0.6) is 5.75 Å². The quantitative estimate of drug-likeness (QED) is 0.846. The molecule has 1 fully saturated rings. The average molecular weight is 260 g/mol. The molecule has 1 amide bonds. The highest BCUT2D eigenvalue weighted by Gasteiger charge is 2.23. The summed E-state index contributed by atoms with van der Waals surface area (Å²) in [5.74, 6) is 0.928. The van der Waals surface area contributed by atoms with Crippen molar-refractivity contribution in [2.75, 3.05) is 6.61 Å². The Hall–Kier alpha value is -1.55. The maximum absolute atomic E-state index is 11.5. The van der Waals surface area contributed by atoms with Gasteiger partial charge in [0.15, 0.2) is 0 Å². The van der Waals surface area contributed by atoms with Gasteiger partial charge in [-0.1, -0.05) is 6.07 Å². The zero-order chi connectivity index (χ0) is 13.2. The molecule has 4 heteroatoms. The zero-order valence-corrected chi connectivity index (χ0v) is 11.0. The molecule has 1 saturated carbocycles. The Bertz CT molecular complexity index is 483. The van der Waals surface area contributed by atoms with Crippen LogP contribution in [-0.2, 0) is 11.2 Å². The van der Waals surface area contributed by atoms with Crippen molar-refractivity contribution in [3.05, 3.63) is 29.3 Å². The van der Waals surface area contributed by atoms with Gasteiger partial charge in [-0.2, -0.15) is 0 Å². The molecule has 0 spiro atoms. The van der Waals surface area contributed by atoms with Crippen LogP contribution in [-0.4, -0.2) is 18.6 Å². The number of carbonyl (C=O) groups excluding carboxylic acids is 1. The van der Waals surface area contributed by atoms with Crippen molar-refractivity contribution >= 4 is 5.91 Å². The number of carbonyl (C=O) groups is 1. The van der Waals surface area contributed by atoms with Gasteiger partial charge < -0.3 is 15.8 Å². The van der Waals surface area contributed by atoms with Gasteiger partial charge in [0, 0.05) is 12.1 Å². The molecule has 0 unspecified atom stereocenters. The van der Waals surface area contributed by atoms with Gasteiger partial charge in [-0.05, 0) is 48.9 Å². The van der Waals surface area contributed by atoms with Crippen molar-refractivity contribution in [1.29, 1.82) is 0 Å². The van der Waals surface area contributed by atoms with Crippen LogP contribution in [0.1, 0.15) is 42.9 Å². The fourth-order valence-corrected chi connectivity index (χ4v) is 2.51. The van der Waals surface area contributed by atoms with Crippen molar-refractivity contribution in [1.82, 2.24) is 5.32 Å². The molecule has 102 valence electrons. The predicted molar refractivity (Wildman–Crippen MR) is 73.0 cm³/mol. The fourth-order valence-electron chi connectivity index (χ4n) is 2.51. The summed E-state index contributed by atoms with van der Waals surface area (Å²) in [5, 5.41) is 2.95. The molecule has 3 rings (SSSR count). The number of amides is 1. The van der Waals surface area contributed by atoms with Gasteiger partial charge in [-0.15, -0.1) is 0 Å². The van der Waals surface area contributed by atoms with E-state index in [9.17, 15) is 4.79 Å². The van der Waals surface area contributed by atoms with Crippen LogP contribution < -0.4 is 15.8 Å². The number of nitrogens with one attached hydrogen (secondary N) is 1. The lowest BCUT2D eigenvalue weighted by atomic mass is 10.1. The summed E-state index contributed by atoms with van der Waals surface area (Å²) >= 11 is 0. The van der Waals surface area contributed by atoms with Crippen LogP contribution in [0.25, 0.3) is 0 Å². The van der Waals surface area contributed by atoms with E-state index in [-0.39, 0.29) is 11.9 Å². The summed E-state index contributed by atoms with van der Waals surface area (Å²) in [6.07, 6.45) is 4.71. The fraction of sp³-hybridized carbons (Fsp3) is 0.533. The van der Waals surface area contributed by atoms with E-state index in [0.29, 0.717) is 19.1 Å². The number of rotatable bonds is 5. The number of benzene rings is 1. The Morgan fingerprint density at radius 2 is 2.21 bits per heavy atom. The molecule has 1 atom stereocenters. The van der Waals surface area contributed by atoms with Crippen molar-refractivity contribution in [2.24, 2.45) is 5.73 Å². The van der Waals surface area contributed by atoms with E-state index in [4.69, 9.17) is 10.5 Å². The molecule has 2 aliphatic carbocycles. The van der Waals surface area contributed by atoms with Gasteiger partial charge in [0.25, 0.3) is 0 Å². The Morgan fingerprint density at radius 1 is 1.37 bits per heavy atom. The van der Waals surface area contributed by atoms with Gasteiger partial charge >= 0.3 is 0 Å². The summed E-state index contributed by atoms with van der Waals surface area (Å²) in [5.41, 5.74) is 8.51. The minimum atomic E-state index is 0.0886. The van der Waals surface area contributed by atoms with E-state index in [0.717, 1.165) is 31.4 Å². The van der Waals surface area contributed by atoms with Gasteiger partial charge in [0.1, 0.15) is 5.75 Å². The van der Waals surface area contributed by atoms with E-state index in [2.05, 4.69) is 11.4 Å². The third kappa shape index (κ3) is 3.07. The highest BCUT2D eigenvalue weighted by Crippen LogP contribution is 2.31. The monoisotopic (exact) mass is 260 g/mol. The molecule has 1 aromatic carbocycles. The summed E-state index contributed by atoms with van der Waals surface area (Å²) in [7, 11) is 0. The molecular weight excluding hydrogens is 240 g/mol. The highest BCUT2D eigenvalue weighted by atomic mass is 16.5. The Morgan fingerprint density at radius 3 is 3.00 bits per heavy atom. The van der Waals surface area contributed by atoms with Crippen LogP contribution in [0.15, 0.2) is 18.2 Å². The van der Waals surface area contributed by atoms with Crippen LogP contribution in [0.3, 0.4) is 0 Å². The molecule has 0 bridgehead atoms. The highest BCUT2D eigenvalue weighted by molar-refractivity contribution is 5.76. The first-order valence-electron chi connectivity index (χ1n) is 7.03. The SMILES string of the molecule is N[C@H]1CCc2cc(OCCC(=O)NC3CC3)ccc21. The summed E-state index contributed by atoms with van der Waals surface area (Å²) in [6.45, 7) is 0.434.